The summed E-state index contributed by atoms with van der Waals surface area (Å²) in [6, 6.07) is 6.61. The second-order valence-electron chi connectivity index (χ2n) is 6.69. The smallest absolute Gasteiger partial charge is 0.229 e. The van der Waals surface area contributed by atoms with Crippen molar-refractivity contribution in [1.82, 2.24) is 0 Å². The molecule has 2 rings (SSSR count). The number of ketones is 1. The van der Waals surface area contributed by atoms with Crippen LogP contribution in [0.25, 0.3) is 0 Å². The van der Waals surface area contributed by atoms with Crippen molar-refractivity contribution in [3.63, 3.8) is 0 Å². The van der Waals surface area contributed by atoms with Gasteiger partial charge < -0.3 is 0 Å². The topological polar surface area (TPSA) is 63.2 Å². The van der Waals surface area contributed by atoms with Crippen LogP contribution in [0.5, 0.6) is 0 Å². The number of sulfonamides is 1. The summed E-state index contributed by atoms with van der Waals surface area (Å²) in [7, 11) is -3.29. The maximum absolute atomic E-state index is 12.5. The second-order valence-corrected chi connectivity index (χ2v) is 8.44. The molecular weight excluding hydrogens is 274 g/mol. The van der Waals surface area contributed by atoms with Gasteiger partial charge in [-0.15, -0.1) is 0 Å². The van der Waals surface area contributed by atoms with Crippen LogP contribution < -0.4 is 4.72 Å². The van der Waals surface area contributed by atoms with Crippen LogP contribution in [-0.2, 0) is 10.0 Å². The van der Waals surface area contributed by atoms with Crippen molar-refractivity contribution < 1.29 is 13.2 Å². The van der Waals surface area contributed by atoms with E-state index in [0.717, 1.165) is 6.26 Å². The molecule has 1 aliphatic carbocycles. The highest BCUT2D eigenvalue weighted by Crippen LogP contribution is 2.69. The lowest BCUT2D eigenvalue weighted by atomic mass is 10.0. The minimum Gasteiger partial charge on any atom is -0.294 e. The van der Waals surface area contributed by atoms with Gasteiger partial charge in [-0.05, 0) is 35.1 Å². The first-order valence-corrected chi connectivity index (χ1v) is 8.48. The molecule has 0 unspecified atom stereocenters. The number of benzene rings is 1. The summed E-state index contributed by atoms with van der Waals surface area (Å²) in [5.41, 5.74) is 1.12. The average molecular weight is 295 g/mol. The molecule has 1 fully saturated rings. The number of nitrogens with one attached hydrogen (secondary N) is 1. The van der Waals surface area contributed by atoms with Gasteiger partial charge in [0.05, 0.1) is 6.26 Å². The number of Topliss-reactive ketones (excluding diaryl/α,β-unsaturated/α-hetero) is 1. The first kappa shape index (κ1) is 15.0. The lowest BCUT2D eigenvalue weighted by Crippen LogP contribution is -2.10. The van der Waals surface area contributed by atoms with E-state index in [1.165, 1.54) is 0 Å². The van der Waals surface area contributed by atoms with Gasteiger partial charge in [-0.1, -0.05) is 27.7 Å². The van der Waals surface area contributed by atoms with Crippen molar-refractivity contribution in [2.75, 3.05) is 11.0 Å². The Hall–Kier alpha value is -1.36. The molecule has 1 aliphatic rings. The molecule has 110 valence electrons. The molecule has 1 N–H and O–H groups in total. The standard InChI is InChI=1S/C15H21NO3S/c1-14(2)13(15(14,3)4)12(17)10-6-8-11(9-7-10)16-20(5,18)19/h6-9,13,16H,1-5H3. The Kier molecular flexibility index (Phi) is 3.25. The third-order valence-electron chi connectivity index (χ3n) is 4.76. The molecule has 0 radical (unpaired) electrons. The molecule has 0 atom stereocenters. The summed E-state index contributed by atoms with van der Waals surface area (Å²) < 4.78 is 24.6. The summed E-state index contributed by atoms with van der Waals surface area (Å²) in [5.74, 6) is 0.148. The molecule has 0 heterocycles. The Labute approximate surface area is 120 Å². The van der Waals surface area contributed by atoms with E-state index in [-0.39, 0.29) is 22.5 Å². The Balaban J connectivity index is 2.18. The Morgan fingerprint density at radius 1 is 1.05 bits per heavy atom. The van der Waals surface area contributed by atoms with Gasteiger partial charge in [0.2, 0.25) is 10.0 Å². The van der Waals surface area contributed by atoms with E-state index in [1.807, 2.05) is 0 Å². The molecule has 0 spiro atoms. The summed E-state index contributed by atoms with van der Waals surface area (Å²) in [4.78, 5) is 12.5. The number of rotatable bonds is 4. The molecule has 1 aromatic carbocycles. The van der Waals surface area contributed by atoms with Crippen LogP contribution in [-0.4, -0.2) is 20.5 Å². The van der Waals surface area contributed by atoms with E-state index in [1.54, 1.807) is 24.3 Å². The molecule has 5 heteroatoms. The SMILES string of the molecule is CC1(C)C(C(=O)c2ccc(NS(C)(=O)=O)cc2)C1(C)C. The summed E-state index contributed by atoms with van der Waals surface area (Å²) in [5, 5.41) is 0. The summed E-state index contributed by atoms with van der Waals surface area (Å²) in [6.45, 7) is 8.43. The first-order valence-electron chi connectivity index (χ1n) is 6.59. The Morgan fingerprint density at radius 3 is 1.85 bits per heavy atom. The van der Waals surface area contributed by atoms with Gasteiger partial charge in [0, 0.05) is 17.2 Å². The lowest BCUT2D eigenvalue weighted by molar-refractivity contribution is 0.0945. The second kappa shape index (κ2) is 4.32. The van der Waals surface area contributed by atoms with E-state index in [0.29, 0.717) is 11.3 Å². The summed E-state index contributed by atoms with van der Waals surface area (Å²) >= 11 is 0. The Bertz CT molecular complexity index is 628. The number of hydrogen-bond donors (Lipinski definition) is 1. The molecule has 4 nitrogen and oxygen atoms in total. The molecule has 0 amide bonds. The van der Waals surface area contributed by atoms with Gasteiger partial charge in [-0.3, -0.25) is 9.52 Å². The number of anilines is 1. The van der Waals surface area contributed by atoms with E-state index in [9.17, 15) is 13.2 Å². The minimum absolute atomic E-state index is 0.00770. The number of carbonyl (C=O) groups excluding carboxylic acids is 1. The quantitative estimate of drug-likeness (QED) is 0.869. The lowest BCUT2D eigenvalue weighted by Gasteiger charge is -2.06. The molecule has 1 saturated carbocycles. The fraction of sp³-hybridized carbons (Fsp3) is 0.533. The molecular formula is C15H21NO3S. The fourth-order valence-electron chi connectivity index (χ4n) is 2.94. The zero-order chi connectivity index (χ0) is 15.3. The minimum atomic E-state index is -3.29. The third-order valence-corrected chi connectivity index (χ3v) is 5.36. The third kappa shape index (κ3) is 2.46. The monoisotopic (exact) mass is 295 g/mol. The van der Waals surface area contributed by atoms with Crippen molar-refractivity contribution in [2.24, 2.45) is 16.7 Å². The zero-order valence-corrected chi connectivity index (χ0v) is 13.3. The van der Waals surface area contributed by atoms with Crippen LogP contribution in [0.1, 0.15) is 38.1 Å². The van der Waals surface area contributed by atoms with Gasteiger partial charge in [-0.2, -0.15) is 0 Å². The van der Waals surface area contributed by atoms with Crippen LogP contribution in [0.2, 0.25) is 0 Å². The van der Waals surface area contributed by atoms with Gasteiger partial charge in [0.15, 0.2) is 5.78 Å². The maximum Gasteiger partial charge on any atom is 0.229 e. The molecule has 20 heavy (non-hydrogen) atoms. The van der Waals surface area contributed by atoms with Gasteiger partial charge in [0.1, 0.15) is 0 Å². The van der Waals surface area contributed by atoms with Crippen molar-refractivity contribution in [3.8, 4) is 0 Å². The summed E-state index contributed by atoms with van der Waals surface area (Å²) in [6.07, 6.45) is 1.10. The van der Waals surface area contributed by atoms with Crippen LogP contribution in [0, 0.1) is 16.7 Å². The molecule has 1 aromatic rings. The predicted molar refractivity (Wildman–Crippen MR) is 80.3 cm³/mol. The zero-order valence-electron chi connectivity index (χ0n) is 12.5. The Morgan fingerprint density at radius 2 is 1.50 bits per heavy atom. The van der Waals surface area contributed by atoms with Crippen molar-refractivity contribution in [3.05, 3.63) is 29.8 Å². The normalized spacial score (nSPS) is 20.4. The first-order chi connectivity index (χ1) is 8.97. The molecule has 0 saturated heterocycles. The van der Waals surface area contributed by atoms with E-state index < -0.39 is 10.0 Å². The van der Waals surface area contributed by atoms with E-state index >= 15 is 0 Å². The van der Waals surface area contributed by atoms with Crippen molar-refractivity contribution >= 4 is 21.5 Å². The van der Waals surface area contributed by atoms with Crippen LogP contribution in [0.15, 0.2) is 24.3 Å². The molecule has 0 aliphatic heterocycles. The predicted octanol–water partition coefficient (Wildman–Crippen LogP) is 2.92. The maximum atomic E-state index is 12.5. The highest BCUT2D eigenvalue weighted by atomic mass is 32.2. The van der Waals surface area contributed by atoms with Gasteiger partial charge in [-0.25, -0.2) is 8.42 Å². The van der Waals surface area contributed by atoms with Crippen LogP contribution in [0.3, 0.4) is 0 Å². The van der Waals surface area contributed by atoms with Crippen LogP contribution in [0.4, 0.5) is 5.69 Å². The van der Waals surface area contributed by atoms with Crippen molar-refractivity contribution in [2.45, 2.75) is 27.7 Å². The fourth-order valence-corrected chi connectivity index (χ4v) is 3.50. The van der Waals surface area contributed by atoms with Gasteiger partial charge >= 0.3 is 0 Å². The van der Waals surface area contributed by atoms with E-state index in [2.05, 4.69) is 32.4 Å². The van der Waals surface area contributed by atoms with Gasteiger partial charge in [0.25, 0.3) is 0 Å². The largest absolute Gasteiger partial charge is 0.294 e. The highest BCUT2D eigenvalue weighted by molar-refractivity contribution is 7.92. The molecule has 0 aromatic heterocycles. The van der Waals surface area contributed by atoms with Crippen molar-refractivity contribution in [1.29, 1.82) is 0 Å². The average Bonchev–Trinajstić information content (AvgIpc) is 2.67. The van der Waals surface area contributed by atoms with Crippen LogP contribution >= 0.6 is 0 Å². The highest BCUT2D eigenvalue weighted by Gasteiger charge is 2.67. The number of hydrogen-bond acceptors (Lipinski definition) is 3. The molecule has 0 bridgehead atoms. The van der Waals surface area contributed by atoms with E-state index in [4.69, 9.17) is 0 Å². The number of carbonyl (C=O) groups is 1.